The summed E-state index contributed by atoms with van der Waals surface area (Å²) in [5.41, 5.74) is 1.40. The van der Waals surface area contributed by atoms with E-state index in [1.165, 1.54) is 23.3 Å². The Labute approximate surface area is 70.1 Å². The molecule has 2 heteroatoms. The van der Waals surface area contributed by atoms with Crippen molar-refractivity contribution >= 4 is 17.6 Å². The molecule has 0 radical (unpaired) electrons. The highest BCUT2D eigenvalue weighted by Crippen LogP contribution is 2.33. The van der Waals surface area contributed by atoms with Gasteiger partial charge in [0, 0.05) is 10.8 Å². The van der Waals surface area contributed by atoms with E-state index in [-0.39, 0.29) is 5.92 Å². The van der Waals surface area contributed by atoms with E-state index in [4.69, 9.17) is 0 Å². The number of thiophene rings is 1. The molecular formula is C9H10OS. The molecule has 1 aliphatic rings. The van der Waals surface area contributed by atoms with E-state index >= 15 is 0 Å². The summed E-state index contributed by atoms with van der Waals surface area (Å²) < 4.78 is 0. The van der Waals surface area contributed by atoms with Crippen molar-refractivity contribution in [3.8, 4) is 0 Å². The number of rotatable bonds is 1. The summed E-state index contributed by atoms with van der Waals surface area (Å²) in [5.74, 6) is 0.207. The normalized spacial score (nSPS) is 22.7. The fourth-order valence-electron chi connectivity index (χ4n) is 1.65. The third-order valence-corrected chi connectivity index (χ3v) is 3.33. The molecule has 1 aliphatic carbocycles. The number of hydrogen-bond acceptors (Lipinski definition) is 2. The zero-order valence-corrected chi connectivity index (χ0v) is 7.06. The van der Waals surface area contributed by atoms with Crippen molar-refractivity contribution in [1.29, 1.82) is 0 Å². The Morgan fingerprint density at radius 3 is 3.36 bits per heavy atom. The van der Waals surface area contributed by atoms with Crippen LogP contribution in [0.3, 0.4) is 0 Å². The maximum Gasteiger partial charge on any atom is 0.128 e. The first kappa shape index (κ1) is 7.04. The van der Waals surface area contributed by atoms with Crippen molar-refractivity contribution in [3.63, 3.8) is 0 Å². The zero-order chi connectivity index (χ0) is 7.68. The van der Waals surface area contributed by atoms with Gasteiger partial charge in [0.25, 0.3) is 0 Å². The van der Waals surface area contributed by atoms with Crippen LogP contribution in [0.1, 0.15) is 29.2 Å². The number of aryl methyl sites for hydroxylation is 1. The molecule has 0 fully saturated rings. The van der Waals surface area contributed by atoms with E-state index in [9.17, 15) is 4.79 Å². The fraction of sp³-hybridized carbons (Fsp3) is 0.444. The van der Waals surface area contributed by atoms with Crippen molar-refractivity contribution in [3.05, 3.63) is 21.9 Å². The molecule has 0 saturated heterocycles. The Morgan fingerprint density at radius 1 is 1.64 bits per heavy atom. The highest BCUT2D eigenvalue weighted by atomic mass is 32.1. The minimum absolute atomic E-state index is 0.207. The Kier molecular flexibility index (Phi) is 1.78. The standard InChI is InChI=1S/C9H10OS/c10-6-8-3-1-2-7-4-5-11-9(7)8/h4-6,8H,1-3H2/t8-/m1/s1. The SMILES string of the molecule is O=C[C@H]1CCCc2ccsc21. The molecule has 1 nitrogen and oxygen atoms in total. The molecule has 0 N–H and O–H groups in total. The van der Waals surface area contributed by atoms with E-state index in [1.807, 2.05) is 0 Å². The van der Waals surface area contributed by atoms with Crippen LogP contribution in [-0.2, 0) is 11.2 Å². The summed E-state index contributed by atoms with van der Waals surface area (Å²) in [6.07, 6.45) is 4.49. The number of fused-ring (bicyclic) bond motifs is 1. The van der Waals surface area contributed by atoms with E-state index in [1.54, 1.807) is 11.3 Å². The van der Waals surface area contributed by atoms with Crippen LogP contribution in [0.25, 0.3) is 0 Å². The Morgan fingerprint density at radius 2 is 2.55 bits per heavy atom. The quantitative estimate of drug-likeness (QED) is 0.585. The summed E-state index contributed by atoms with van der Waals surface area (Å²) in [6.45, 7) is 0. The predicted molar refractivity (Wildman–Crippen MR) is 46.1 cm³/mol. The van der Waals surface area contributed by atoms with Crippen LogP contribution in [0.5, 0.6) is 0 Å². The Bertz CT molecular complexity index is 264. The summed E-state index contributed by atoms with van der Waals surface area (Å²) in [6, 6.07) is 2.15. The van der Waals surface area contributed by atoms with Gasteiger partial charge in [-0.1, -0.05) is 0 Å². The molecule has 11 heavy (non-hydrogen) atoms. The van der Waals surface area contributed by atoms with Crippen LogP contribution in [-0.4, -0.2) is 6.29 Å². The van der Waals surface area contributed by atoms with Gasteiger partial charge in [-0.2, -0.15) is 0 Å². The largest absolute Gasteiger partial charge is 0.303 e. The lowest BCUT2D eigenvalue weighted by Gasteiger charge is -2.16. The molecule has 0 bridgehead atoms. The summed E-state index contributed by atoms with van der Waals surface area (Å²) in [5, 5.41) is 2.09. The zero-order valence-electron chi connectivity index (χ0n) is 6.25. The minimum atomic E-state index is 0.207. The second kappa shape index (κ2) is 2.78. The molecule has 0 saturated carbocycles. The number of carbonyl (C=O) groups excluding carboxylic acids is 1. The van der Waals surface area contributed by atoms with Crippen LogP contribution < -0.4 is 0 Å². The van der Waals surface area contributed by atoms with Crippen molar-refractivity contribution < 1.29 is 4.79 Å². The van der Waals surface area contributed by atoms with E-state index < -0.39 is 0 Å². The topological polar surface area (TPSA) is 17.1 Å². The molecule has 1 atom stereocenters. The first-order chi connectivity index (χ1) is 5.42. The van der Waals surface area contributed by atoms with Gasteiger partial charge in [0.05, 0.1) is 0 Å². The Hall–Kier alpha value is -0.630. The summed E-state index contributed by atoms with van der Waals surface area (Å²) in [4.78, 5) is 11.9. The van der Waals surface area contributed by atoms with Gasteiger partial charge in [0.1, 0.15) is 6.29 Å². The fourth-order valence-corrected chi connectivity index (χ4v) is 2.70. The molecule has 0 aliphatic heterocycles. The molecule has 0 unspecified atom stereocenters. The smallest absolute Gasteiger partial charge is 0.128 e. The molecule has 0 aromatic carbocycles. The van der Waals surface area contributed by atoms with Gasteiger partial charge in [-0.25, -0.2) is 0 Å². The number of aldehydes is 1. The maximum atomic E-state index is 10.6. The van der Waals surface area contributed by atoms with Crippen LogP contribution in [0, 0.1) is 0 Å². The molecule has 0 amide bonds. The van der Waals surface area contributed by atoms with Crippen molar-refractivity contribution in [2.75, 3.05) is 0 Å². The maximum absolute atomic E-state index is 10.6. The lowest BCUT2D eigenvalue weighted by molar-refractivity contribution is -0.109. The van der Waals surface area contributed by atoms with Gasteiger partial charge in [0.2, 0.25) is 0 Å². The molecule has 2 rings (SSSR count). The lowest BCUT2D eigenvalue weighted by atomic mass is 9.91. The third-order valence-electron chi connectivity index (χ3n) is 2.24. The molecular weight excluding hydrogens is 156 g/mol. The molecule has 1 heterocycles. The predicted octanol–water partition coefficient (Wildman–Crippen LogP) is 2.37. The molecule has 0 spiro atoms. The Balaban J connectivity index is 2.39. The second-order valence-corrected chi connectivity index (χ2v) is 3.89. The van der Waals surface area contributed by atoms with E-state index in [2.05, 4.69) is 11.4 Å². The van der Waals surface area contributed by atoms with E-state index in [0.29, 0.717) is 0 Å². The van der Waals surface area contributed by atoms with Gasteiger partial charge in [0.15, 0.2) is 0 Å². The minimum Gasteiger partial charge on any atom is -0.303 e. The number of hydrogen-bond donors (Lipinski definition) is 0. The van der Waals surface area contributed by atoms with Crippen molar-refractivity contribution in [1.82, 2.24) is 0 Å². The average Bonchev–Trinajstić information content (AvgIpc) is 2.50. The highest BCUT2D eigenvalue weighted by Gasteiger charge is 2.19. The third kappa shape index (κ3) is 1.11. The van der Waals surface area contributed by atoms with Gasteiger partial charge >= 0.3 is 0 Å². The lowest BCUT2D eigenvalue weighted by Crippen LogP contribution is -2.07. The molecule has 58 valence electrons. The van der Waals surface area contributed by atoms with Crippen molar-refractivity contribution in [2.45, 2.75) is 25.2 Å². The van der Waals surface area contributed by atoms with Gasteiger partial charge in [-0.3, -0.25) is 0 Å². The first-order valence-electron chi connectivity index (χ1n) is 3.93. The summed E-state index contributed by atoms with van der Waals surface area (Å²) >= 11 is 1.73. The second-order valence-electron chi connectivity index (χ2n) is 2.94. The average molecular weight is 166 g/mol. The van der Waals surface area contributed by atoms with Gasteiger partial charge in [-0.05, 0) is 36.3 Å². The first-order valence-corrected chi connectivity index (χ1v) is 4.81. The molecule has 1 aromatic rings. The number of carbonyl (C=O) groups is 1. The molecule has 1 aromatic heterocycles. The van der Waals surface area contributed by atoms with Crippen LogP contribution in [0.2, 0.25) is 0 Å². The van der Waals surface area contributed by atoms with E-state index in [0.717, 1.165) is 12.7 Å². The van der Waals surface area contributed by atoms with Gasteiger partial charge in [-0.15, -0.1) is 11.3 Å². The van der Waals surface area contributed by atoms with Gasteiger partial charge < -0.3 is 4.79 Å². The highest BCUT2D eigenvalue weighted by molar-refractivity contribution is 7.10. The van der Waals surface area contributed by atoms with Crippen LogP contribution in [0.15, 0.2) is 11.4 Å². The summed E-state index contributed by atoms with van der Waals surface area (Å²) in [7, 11) is 0. The van der Waals surface area contributed by atoms with Crippen LogP contribution in [0.4, 0.5) is 0 Å². The monoisotopic (exact) mass is 166 g/mol. The van der Waals surface area contributed by atoms with Crippen LogP contribution >= 0.6 is 11.3 Å². The van der Waals surface area contributed by atoms with Crippen molar-refractivity contribution in [2.24, 2.45) is 0 Å².